The molecule has 0 bridgehead atoms. The molecule has 0 aliphatic carbocycles. The van der Waals surface area contributed by atoms with Gasteiger partial charge in [-0.3, -0.25) is 14.5 Å². The fourth-order valence-corrected chi connectivity index (χ4v) is 4.09. The summed E-state index contributed by atoms with van der Waals surface area (Å²) in [5, 5.41) is 5.78. The van der Waals surface area contributed by atoms with E-state index in [4.69, 9.17) is 33.7 Å². The molecule has 0 spiro atoms. The van der Waals surface area contributed by atoms with Gasteiger partial charge in [0, 0.05) is 41.7 Å². The molecule has 2 N–H and O–H groups in total. The maximum Gasteiger partial charge on any atom is 0.305 e. The molecule has 0 fully saturated rings. The standard InChI is InChI=1S/C24H28Cl2N4O2/c1-15-13-16(25)8-9-17(15)18(10-11-20(31)32-14-24(2,3)27)21-22(29-30(4)23(21)26)19-7-5-6-12-28-19/h5-9,12-13,18H,10-11,14,27H2,1-4H3. The van der Waals surface area contributed by atoms with Crippen molar-refractivity contribution in [2.45, 2.75) is 45.1 Å². The third kappa shape index (κ3) is 5.88. The van der Waals surface area contributed by atoms with Crippen LogP contribution in [-0.4, -0.2) is 32.9 Å². The van der Waals surface area contributed by atoms with Crippen molar-refractivity contribution in [2.75, 3.05) is 6.61 Å². The summed E-state index contributed by atoms with van der Waals surface area (Å²) in [6, 6.07) is 11.4. The van der Waals surface area contributed by atoms with Gasteiger partial charge in [-0.15, -0.1) is 0 Å². The molecule has 0 saturated heterocycles. The average molecular weight is 475 g/mol. The summed E-state index contributed by atoms with van der Waals surface area (Å²) in [5.41, 5.74) is 9.61. The average Bonchev–Trinajstić information content (AvgIpc) is 3.03. The minimum atomic E-state index is -0.583. The van der Waals surface area contributed by atoms with Gasteiger partial charge >= 0.3 is 5.97 Å². The number of nitrogens with two attached hydrogens (primary N) is 1. The fraction of sp³-hybridized carbons (Fsp3) is 0.375. The van der Waals surface area contributed by atoms with E-state index in [9.17, 15) is 4.79 Å². The van der Waals surface area contributed by atoms with Crippen molar-refractivity contribution >= 4 is 29.2 Å². The van der Waals surface area contributed by atoms with Crippen LogP contribution in [0.3, 0.4) is 0 Å². The summed E-state index contributed by atoms with van der Waals surface area (Å²) >= 11 is 12.9. The lowest BCUT2D eigenvalue weighted by Crippen LogP contribution is -2.38. The molecule has 2 aromatic heterocycles. The highest BCUT2D eigenvalue weighted by molar-refractivity contribution is 6.31. The predicted octanol–water partition coefficient (Wildman–Crippen LogP) is 5.29. The van der Waals surface area contributed by atoms with E-state index in [0.29, 0.717) is 28.0 Å². The smallest absolute Gasteiger partial charge is 0.305 e. The molecule has 3 rings (SSSR count). The zero-order chi connectivity index (χ0) is 23.5. The van der Waals surface area contributed by atoms with Gasteiger partial charge in [0.05, 0.1) is 5.69 Å². The minimum Gasteiger partial charge on any atom is -0.464 e. The van der Waals surface area contributed by atoms with Gasteiger partial charge in [0.2, 0.25) is 0 Å². The van der Waals surface area contributed by atoms with Crippen molar-refractivity contribution in [2.24, 2.45) is 12.8 Å². The van der Waals surface area contributed by atoms with E-state index in [0.717, 1.165) is 16.7 Å². The zero-order valence-corrected chi connectivity index (χ0v) is 20.2. The van der Waals surface area contributed by atoms with Crippen molar-refractivity contribution in [3.63, 3.8) is 0 Å². The molecular formula is C24H28Cl2N4O2. The van der Waals surface area contributed by atoms with Crippen molar-refractivity contribution in [3.05, 3.63) is 69.5 Å². The van der Waals surface area contributed by atoms with Crippen LogP contribution in [0.5, 0.6) is 0 Å². The third-order valence-corrected chi connectivity index (χ3v) is 5.80. The number of benzene rings is 1. The third-order valence-electron chi connectivity index (χ3n) is 5.12. The highest BCUT2D eigenvalue weighted by Gasteiger charge is 2.28. The van der Waals surface area contributed by atoms with E-state index in [1.807, 2.05) is 57.2 Å². The molecule has 0 aliphatic heterocycles. The zero-order valence-electron chi connectivity index (χ0n) is 18.7. The van der Waals surface area contributed by atoms with E-state index < -0.39 is 5.54 Å². The number of pyridine rings is 1. The van der Waals surface area contributed by atoms with Gasteiger partial charge in [-0.05, 0) is 62.6 Å². The second-order valence-electron chi connectivity index (χ2n) is 8.63. The molecule has 32 heavy (non-hydrogen) atoms. The summed E-state index contributed by atoms with van der Waals surface area (Å²) in [5.74, 6) is -0.511. The van der Waals surface area contributed by atoms with Gasteiger partial charge in [0.1, 0.15) is 17.5 Å². The van der Waals surface area contributed by atoms with Crippen molar-refractivity contribution in [1.82, 2.24) is 14.8 Å². The number of hydrogen-bond acceptors (Lipinski definition) is 5. The van der Waals surface area contributed by atoms with Gasteiger partial charge in [-0.25, -0.2) is 0 Å². The Balaban J connectivity index is 2.02. The number of halogens is 2. The SMILES string of the molecule is Cc1cc(Cl)ccc1C(CCC(=O)OCC(C)(C)N)c1c(-c2ccccn2)nn(C)c1Cl. The minimum absolute atomic E-state index is 0.156. The number of esters is 1. The Labute approximate surface area is 198 Å². The first-order chi connectivity index (χ1) is 15.1. The molecule has 0 aliphatic rings. The van der Waals surface area contributed by atoms with Gasteiger partial charge in [-0.1, -0.05) is 35.3 Å². The maximum absolute atomic E-state index is 12.5. The van der Waals surface area contributed by atoms with Gasteiger partial charge in [0.15, 0.2) is 0 Å². The molecule has 0 saturated carbocycles. The molecule has 6 nitrogen and oxygen atoms in total. The van der Waals surface area contributed by atoms with E-state index in [-0.39, 0.29) is 24.9 Å². The fourth-order valence-electron chi connectivity index (χ4n) is 3.61. The lowest BCUT2D eigenvalue weighted by Gasteiger charge is -2.22. The first-order valence-corrected chi connectivity index (χ1v) is 11.2. The van der Waals surface area contributed by atoms with Crippen LogP contribution in [0, 0.1) is 6.92 Å². The molecule has 8 heteroatoms. The van der Waals surface area contributed by atoms with Crippen LogP contribution < -0.4 is 5.73 Å². The molecule has 3 aromatic rings. The molecule has 0 amide bonds. The quantitative estimate of drug-likeness (QED) is 0.448. The maximum atomic E-state index is 12.5. The van der Waals surface area contributed by atoms with Crippen LogP contribution >= 0.6 is 23.2 Å². The molecule has 1 aromatic carbocycles. The summed E-state index contributed by atoms with van der Waals surface area (Å²) < 4.78 is 7.01. The van der Waals surface area contributed by atoms with Gasteiger partial charge in [-0.2, -0.15) is 5.10 Å². The van der Waals surface area contributed by atoms with E-state index >= 15 is 0 Å². The first kappa shape index (κ1) is 24.2. The Morgan fingerprint density at radius 3 is 2.62 bits per heavy atom. The van der Waals surface area contributed by atoms with Gasteiger partial charge < -0.3 is 10.5 Å². The van der Waals surface area contributed by atoms with Crippen molar-refractivity contribution in [3.8, 4) is 11.4 Å². The number of carbonyl (C=O) groups excluding carboxylic acids is 1. The van der Waals surface area contributed by atoms with Crippen LogP contribution in [0.4, 0.5) is 0 Å². The summed E-state index contributed by atoms with van der Waals surface area (Å²) in [4.78, 5) is 16.9. The molecule has 170 valence electrons. The number of carbonyl (C=O) groups is 1. The second kappa shape index (κ2) is 10.0. The topological polar surface area (TPSA) is 83.0 Å². The number of aryl methyl sites for hydroxylation is 2. The summed E-state index contributed by atoms with van der Waals surface area (Å²) in [6.45, 7) is 5.78. The Morgan fingerprint density at radius 1 is 1.25 bits per heavy atom. The monoisotopic (exact) mass is 474 g/mol. The largest absolute Gasteiger partial charge is 0.464 e. The summed E-state index contributed by atoms with van der Waals surface area (Å²) in [7, 11) is 1.79. The van der Waals surface area contributed by atoms with E-state index in [1.165, 1.54) is 0 Å². The first-order valence-electron chi connectivity index (χ1n) is 10.4. The molecule has 2 heterocycles. The van der Waals surface area contributed by atoms with Crippen molar-refractivity contribution in [1.29, 1.82) is 0 Å². The second-order valence-corrected chi connectivity index (χ2v) is 9.43. The van der Waals surface area contributed by atoms with Crippen LogP contribution in [0.1, 0.15) is 49.3 Å². The molecular weight excluding hydrogens is 447 g/mol. The number of hydrogen-bond donors (Lipinski definition) is 1. The molecule has 0 radical (unpaired) electrons. The number of nitrogens with zero attached hydrogens (tertiary/aromatic N) is 3. The molecule has 1 unspecified atom stereocenters. The number of aromatic nitrogens is 3. The Kier molecular flexibility index (Phi) is 7.59. The van der Waals surface area contributed by atoms with Crippen LogP contribution in [0.25, 0.3) is 11.4 Å². The number of ether oxygens (including phenoxy) is 1. The summed E-state index contributed by atoms with van der Waals surface area (Å²) in [6.07, 6.45) is 2.41. The normalized spacial score (nSPS) is 12.6. The number of rotatable bonds is 8. The Hall–Kier alpha value is -2.41. The van der Waals surface area contributed by atoms with Crippen LogP contribution in [-0.2, 0) is 16.6 Å². The Morgan fingerprint density at radius 2 is 2.00 bits per heavy atom. The lowest BCUT2D eigenvalue weighted by molar-refractivity contribution is -0.145. The highest BCUT2D eigenvalue weighted by atomic mass is 35.5. The van der Waals surface area contributed by atoms with Crippen LogP contribution in [0.15, 0.2) is 42.6 Å². The van der Waals surface area contributed by atoms with E-state index in [1.54, 1.807) is 17.9 Å². The molecule has 1 atom stereocenters. The van der Waals surface area contributed by atoms with Gasteiger partial charge in [0.25, 0.3) is 0 Å². The van der Waals surface area contributed by atoms with Crippen LogP contribution in [0.2, 0.25) is 10.2 Å². The Bertz CT molecular complexity index is 1090. The lowest BCUT2D eigenvalue weighted by atomic mass is 9.84. The van der Waals surface area contributed by atoms with E-state index in [2.05, 4.69) is 10.1 Å². The van der Waals surface area contributed by atoms with Crippen molar-refractivity contribution < 1.29 is 9.53 Å². The predicted molar refractivity (Wildman–Crippen MR) is 128 cm³/mol. The highest BCUT2D eigenvalue weighted by Crippen LogP contribution is 2.41.